The molecule has 1 aromatic rings. The van der Waals surface area contributed by atoms with E-state index in [1.54, 1.807) is 13.2 Å². The first-order valence-corrected chi connectivity index (χ1v) is 7.36. The number of hydrogen-bond acceptors (Lipinski definition) is 5. The molecule has 6 heteroatoms. The molecule has 0 aliphatic carbocycles. The molecule has 2 heterocycles. The van der Waals surface area contributed by atoms with Crippen molar-refractivity contribution in [2.45, 2.75) is 32.5 Å². The van der Waals surface area contributed by atoms with Gasteiger partial charge in [0.15, 0.2) is 0 Å². The summed E-state index contributed by atoms with van der Waals surface area (Å²) < 4.78 is 5.45. The van der Waals surface area contributed by atoms with Crippen molar-refractivity contribution in [3.05, 3.63) is 23.9 Å². The van der Waals surface area contributed by atoms with Crippen molar-refractivity contribution in [2.75, 3.05) is 31.7 Å². The molecule has 1 atom stereocenters. The topological polar surface area (TPSA) is 66.5 Å². The van der Waals surface area contributed by atoms with Gasteiger partial charge in [-0.05, 0) is 6.07 Å². The number of likely N-dealkylation sites (N-methyl/N-ethyl adjacent to an activating group) is 1. The lowest BCUT2D eigenvalue weighted by Crippen LogP contribution is -2.54. The zero-order valence-corrected chi connectivity index (χ0v) is 12.9. The van der Waals surface area contributed by atoms with Crippen LogP contribution in [-0.4, -0.2) is 49.8 Å². The van der Waals surface area contributed by atoms with E-state index in [2.05, 4.69) is 29.5 Å². The molecule has 2 rings (SSSR count). The minimum Gasteiger partial charge on any atom is -0.377 e. The number of rotatable bonds is 5. The molecule has 0 spiro atoms. The Balaban J connectivity index is 2.23. The zero-order chi connectivity index (χ0) is 15.2. The maximum atomic E-state index is 12.1. The molecular weight excluding hydrogens is 268 g/mol. The summed E-state index contributed by atoms with van der Waals surface area (Å²) in [5, 5.41) is 6.10. The third kappa shape index (κ3) is 3.92. The molecule has 1 aliphatic rings. The largest absolute Gasteiger partial charge is 0.377 e. The van der Waals surface area contributed by atoms with Crippen LogP contribution in [0.25, 0.3) is 0 Å². The number of nitrogens with one attached hydrogen (secondary N) is 2. The second-order valence-corrected chi connectivity index (χ2v) is 5.42. The van der Waals surface area contributed by atoms with Crippen LogP contribution in [0.1, 0.15) is 19.4 Å². The molecule has 1 aliphatic heterocycles. The summed E-state index contributed by atoms with van der Waals surface area (Å²) in [6, 6.07) is 4.05. The Morgan fingerprint density at radius 3 is 3.10 bits per heavy atom. The third-order valence-corrected chi connectivity index (χ3v) is 3.52. The lowest BCUT2D eigenvalue weighted by atomic mass is 10.1. The van der Waals surface area contributed by atoms with E-state index < -0.39 is 0 Å². The summed E-state index contributed by atoms with van der Waals surface area (Å²) in [6.45, 7) is 6.63. The number of carbonyl (C=O) groups excluding carboxylic acids is 1. The van der Waals surface area contributed by atoms with Crippen LogP contribution in [0.5, 0.6) is 0 Å². The summed E-state index contributed by atoms with van der Waals surface area (Å²) >= 11 is 0. The number of carbonyl (C=O) groups is 1. The highest BCUT2D eigenvalue weighted by atomic mass is 16.5. The third-order valence-electron chi connectivity index (χ3n) is 3.52. The van der Waals surface area contributed by atoms with Crippen LogP contribution in [-0.2, 0) is 16.1 Å². The maximum Gasteiger partial charge on any atom is 0.244 e. The fraction of sp³-hybridized carbons (Fsp3) is 0.600. The van der Waals surface area contributed by atoms with E-state index in [0.29, 0.717) is 25.8 Å². The number of morpholine rings is 1. The Hall–Kier alpha value is -1.66. The Labute approximate surface area is 125 Å². The molecule has 0 radical (unpaired) electrons. The zero-order valence-electron chi connectivity index (χ0n) is 12.9. The van der Waals surface area contributed by atoms with Crippen molar-refractivity contribution in [2.24, 2.45) is 0 Å². The number of aromatic nitrogens is 1. The van der Waals surface area contributed by atoms with E-state index in [4.69, 9.17) is 4.74 Å². The van der Waals surface area contributed by atoms with E-state index in [-0.39, 0.29) is 11.9 Å². The first-order chi connectivity index (χ1) is 10.1. The van der Waals surface area contributed by atoms with Crippen molar-refractivity contribution in [1.29, 1.82) is 0 Å². The van der Waals surface area contributed by atoms with Gasteiger partial charge >= 0.3 is 0 Å². The number of amides is 1. The standard InChI is InChI=1S/C15H24N4O2/c1-11(2)18-9-12-5-4-6-17-14(12)19-7-8-21-10-13(19)15(20)16-3/h4-6,11,13,18H,7-10H2,1-3H3,(H,16,20). The Morgan fingerprint density at radius 1 is 1.57 bits per heavy atom. The van der Waals surface area contributed by atoms with Crippen molar-refractivity contribution in [1.82, 2.24) is 15.6 Å². The minimum absolute atomic E-state index is 0.0388. The molecule has 21 heavy (non-hydrogen) atoms. The second-order valence-electron chi connectivity index (χ2n) is 5.42. The van der Waals surface area contributed by atoms with Crippen LogP contribution < -0.4 is 15.5 Å². The molecule has 0 aromatic carbocycles. The molecule has 6 nitrogen and oxygen atoms in total. The Morgan fingerprint density at radius 2 is 2.38 bits per heavy atom. The van der Waals surface area contributed by atoms with Gasteiger partial charge in [-0.3, -0.25) is 4.79 Å². The first kappa shape index (κ1) is 15.7. The van der Waals surface area contributed by atoms with E-state index >= 15 is 0 Å². The number of ether oxygens (including phenoxy) is 1. The fourth-order valence-corrected chi connectivity index (χ4v) is 2.38. The number of pyridine rings is 1. The minimum atomic E-state index is -0.323. The molecule has 0 saturated carbocycles. The van der Waals surface area contributed by atoms with Gasteiger partial charge in [-0.15, -0.1) is 0 Å². The summed E-state index contributed by atoms with van der Waals surface area (Å²) in [5.74, 6) is 0.825. The van der Waals surface area contributed by atoms with Gasteiger partial charge in [0.05, 0.1) is 13.2 Å². The lowest BCUT2D eigenvalue weighted by molar-refractivity contribution is -0.124. The molecule has 1 aromatic heterocycles. The van der Waals surface area contributed by atoms with Gasteiger partial charge in [-0.1, -0.05) is 19.9 Å². The fourth-order valence-electron chi connectivity index (χ4n) is 2.38. The van der Waals surface area contributed by atoms with Gasteiger partial charge < -0.3 is 20.3 Å². The average molecular weight is 292 g/mol. The maximum absolute atomic E-state index is 12.1. The van der Waals surface area contributed by atoms with E-state index in [0.717, 1.165) is 17.9 Å². The number of hydrogen-bond donors (Lipinski definition) is 2. The summed E-state index contributed by atoms with van der Waals surface area (Å²) in [4.78, 5) is 18.6. The molecule has 1 fully saturated rings. The smallest absolute Gasteiger partial charge is 0.244 e. The monoisotopic (exact) mass is 292 g/mol. The first-order valence-electron chi connectivity index (χ1n) is 7.36. The average Bonchev–Trinajstić information content (AvgIpc) is 2.52. The van der Waals surface area contributed by atoms with Crippen LogP contribution >= 0.6 is 0 Å². The van der Waals surface area contributed by atoms with Crippen LogP contribution in [0.2, 0.25) is 0 Å². The summed E-state index contributed by atoms with van der Waals surface area (Å²) in [5.41, 5.74) is 1.10. The van der Waals surface area contributed by atoms with Gasteiger partial charge in [0.25, 0.3) is 0 Å². The molecule has 1 unspecified atom stereocenters. The number of anilines is 1. The Bertz CT molecular complexity index is 478. The summed E-state index contributed by atoms with van der Waals surface area (Å²) in [6.07, 6.45) is 1.77. The van der Waals surface area contributed by atoms with Crippen molar-refractivity contribution in [3.8, 4) is 0 Å². The summed E-state index contributed by atoms with van der Waals surface area (Å²) in [7, 11) is 1.65. The second kappa shape index (κ2) is 7.38. The number of nitrogens with zero attached hydrogens (tertiary/aromatic N) is 2. The normalized spacial score (nSPS) is 18.9. The van der Waals surface area contributed by atoms with Gasteiger partial charge in [-0.2, -0.15) is 0 Å². The van der Waals surface area contributed by atoms with Crippen LogP contribution in [0, 0.1) is 0 Å². The molecule has 2 N–H and O–H groups in total. The molecule has 1 amide bonds. The molecule has 116 valence electrons. The highest BCUT2D eigenvalue weighted by Gasteiger charge is 2.30. The van der Waals surface area contributed by atoms with Crippen LogP contribution in [0.3, 0.4) is 0 Å². The van der Waals surface area contributed by atoms with Gasteiger partial charge in [0.1, 0.15) is 11.9 Å². The van der Waals surface area contributed by atoms with Gasteiger partial charge in [0.2, 0.25) is 5.91 Å². The highest BCUT2D eigenvalue weighted by Crippen LogP contribution is 2.22. The van der Waals surface area contributed by atoms with Gasteiger partial charge in [0, 0.05) is 37.9 Å². The van der Waals surface area contributed by atoms with Crippen molar-refractivity contribution >= 4 is 11.7 Å². The molecule has 0 bridgehead atoms. The predicted molar refractivity (Wildman–Crippen MR) is 82.2 cm³/mol. The van der Waals surface area contributed by atoms with E-state index in [1.165, 1.54) is 0 Å². The SMILES string of the molecule is CNC(=O)C1COCCN1c1ncccc1CNC(C)C. The van der Waals surface area contributed by atoms with Crippen molar-refractivity contribution < 1.29 is 9.53 Å². The predicted octanol–water partition coefficient (Wildman–Crippen LogP) is 0.531. The molecular formula is C15H24N4O2. The van der Waals surface area contributed by atoms with Crippen LogP contribution in [0.15, 0.2) is 18.3 Å². The quantitative estimate of drug-likeness (QED) is 0.829. The Kier molecular flexibility index (Phi) is 5.52. The van der Waals surface area contributed by atoms with E-state index in [1.807, 2.05) is 17.0 Å². The lowest BCUT2D eigenvalue weighted by Gasteiger charge is -2.36. The van der Waals surface area contributed by atoms with Crippen molar-refractivity contribution in [3.63, 3.8) is 0 Å². The highest BCUT2D eigenvalue weighted by molar-refractivity contribution is 5.85. The molecule has 1 saturated heterocycles. The van der Waals surface area contributed by atoms with Crippen LogP contribution in [0.4, 0.5) is 5.82 Å². The van der Waals surface area contributed by atoms with E-state index in [9.17, 15) is 4.79 Å². The van der Waals surface area contributed by atoms with Gasteiger partial charge in [-0.25, -0.2) is 4.98 Å².